The van der Waals surface area contributed by atoms with E-state index < -0.39 is 0 Å². The van der Waals surface area contributed by atoms with Crippen LogP contribution in [0.15, 0.2) is 18.3 Å². The molecule has 0 bridgehead atoms. The number of hydrogen-bond donors (Lipinski definition) is 2. The van der Waals surface area contributed by atoms with Gasteiger partial charge in [-0.15, -0.1) is 0 Å². The second-order valence-corrected chi connectivity index (χ2v) is 4.52. The summed E-state index contributed by atoms with van der Waals surface area (Å²) in [6, 6.07) is 4.75. The first-order valence-electron chi connectivity index (χ1n) is 5.88. The molecule has 1 unspecified atom stereocenters. The Kier molecular flexibility index (Phi) is 3.44. The molecule has 0 amide bonds. The zero-order chi connectivity index (χ0) is 10.7. The van der Waals surface area contributed by atoms with Gasteiger partial charge in [-0.3, -0.25) is 4.90 Å². The van der Waals surface area contributed by atoms with E-state index in [9.17, 15) is 0 Å². The molecule has 1 aromatic heterocycles. The van der Waals surface area contributed by atoms with E-state index in [0.717, 1.165) is 12.5 Å². The van der Waals surface area contributed by atoms with Crippen molar-refractivity contribution in [3.8, 4) is 0 Å². The number of nitrogens with zero attached hydrogens (tertiary/aromatic N) is 1. The van der Waals surface area contributed by atoms with Gasteiger partial charge < -0.3 is 10.7 Å². The number of aromatic amines is 1. The predicted molar refractivity (Wildman–Crippen MR) is 62.6 cm³/mol. The van der Waals surface area contributed by atoms with Gasteiger partial charge in [0.2, 0.25) is 0 Å². The summed E-state index contributed by atoms with van der Waals surface area (Å²) in [7, 11) is 0. The molecule has 3 N–H and O–H groups in total. The first-order valence-corrected chi connectivity index (χ1v) is 5.88. The Balaban J connectivity index is 1.90. The van der Waals surface area contributed by atoms with Crippen LogP contribution in [0, 0.1) is 5.92 Å². The fraction of sp³-hybridized carbons (Fsp3) is 0.667. The second kappa shape index (κ2) is 4.81. The number of likely N-dealkylation sites (tertiary alicyclic amines) is 1. The molecule has 2 rings (SSSR count). The van der Waals surface area contributed by atoms with E-state index in [4.69, 9.17) is 5.73 Å². The lowest BCUT2D eigenvalue weighted by atomic mass is 9.96. The minimum atomic E-state index is 0.513. The molecule has 84 valence electrons. The molecule has 0 saturated carbocycles. The van der Waals surface area contributed by atoms with Crippen molar-refractivity contribution in [1.82, 2.24) is 9.88 Å². The number of H-pyrrole nitrogens is 1. The van der Waals surface area contributed by atoms with E-state index >= 15 is 0 Å². The highest BCUT2D eigenvalue weighted by atomic mass is 15.2. The standard InChI is InChI=1S/C12H21N3/c1-10(12-3-2-6-14-12)15-7-4-11(9-13)5-8-15/h2-3,6,10-11,14H,4-5,7-9,13H2,1H3. The highest BCUT2D eigenvalue weighted by molar-refractivity contribution is 5.08. The number of piperidine rings is 1. The van der Waals surface area contributed by atoms with Crippen LogP contribution in [0.4, 0.5) is 0 Å². The molecule has 1 fully saturated rings. The van der Waals surface area contributed by atoms with Crippen molar-refractivity contribution in [2.45, 2.75) is 25.8 Å². The molecule has 0 radical (unpaired) electrons. The molecule has 1 saturated heterocycles. The lowest BCUT2D eigenvalue weighted by molar-refractivity contribution is 0.141. The zero-order valence-electron chi connectivity index (χ0n) is 9.45. The van der Waals surface area contributed by atoms with Crippen LogP contribution >= 0.6 is 0 Å². The molecular weight excluding hydrogens is 186 g/mol. The summed E-state index contributed by atoms with van der Waals surface area (Å²) in [5.74, 6) is 0.747. The van der Waals surface area contributed by atoms with Crippen molar-refractivity contribution in [2.24, 2.45) is 11.7 Å². The van der Waals surface area contributed by atoms with Crippen molar-refractivity contribution in [1.29, 1.82) is 0 Å². The summed E-state index contributed by atoms with van der Waals surface area (Å²) >= 11 is 0. The fourth-order valence-electron chi connectivity index (χ4n) is 2.38. The van der Waals surface area contributed by atoms with Crippen LogP contribution < -0.4 is 5.73 Å². The molecule has 1 aliphatic heterocycles. The van der Waals surface area contributed by atoms with Gasteiger partial charge in [-0.25, -0.2) is 0 Å². The molecule has 2 heterocycles. The van der Waals surface area contributed by atoms with Crippen LogP contribution in [0.5, 0.6) is 0 Å². The Labute approximate surface area is 91.7 Å². The van der Waals surface area contributed by atoms with Crippen LogP contribution in [0.3, 0.4) is 0 Å². The van der Waals surface area contributed by atoms with E-state index in [1.165, 1.54) is 31.6 Å². The monoisotopic (exact) mass is 207 g/mol. The highest BCUT2D eigenvalue weighted by Crippen LogP contribution is 2.24. The molecule has 3 nitrogen and oxygen atoms in total. The Morgan fingerprint density at radius 3 is 2.80 bits per heavy atom. The Morgan fingerprint density at radius 2 is 2.27 bits per heavy atom. The fourth-order valence-corrected chi connectivity index (χ4v) is 2.38. The number of aromatic nitrogens is 1. The number of hydrogen-bond acceptors (Lipinski definition) is 2. The summed E-state index contributed by atoms with van der Waals surface area (Å²) in [6.07, 6.45) is 4.50. The molecule has 1 aromatic rings. The Morgan fingerprint density at radius 1 is 1.53 bits per heavy atom. The van der Waals surface area contributed by atoms with Crippen molar-refractivity contribution >= 4 is 0 Å². The van der Waals surface area contributed by atoms with E-state index in [2.05, 4.69) is 28.9 Å². The molecule has 1 atom stereocenters. The maximum absolute atomic E-state index is 5.69. The van der Waals surface area contributed by atoms with Gasteiger partial charge in [0, 0.05) is 17.9 Å². The Hall–Kier alpha value is -0.800. The van der Waals surface area contributed by atoms with Gasteiger partial charge in [-0.2, -0.15) is 0 Å². The smallest absolute Gasteiger partial charge is 0.0470 e. The van der Waals surface area contributed by atoms with E-state index in [-0.39, 0.29) is 0 Å². The average molecular weight is 207 g/mol. The zero-order valence-corrected chi connectivity index (χ0v) is 9.45. The van der Waals surface area contributed by atoms with Crippen LogP contribution in [0.2, 0.25) is 0 Å². The first kappa shape index (κ1) is 10.7. The SMILES string of the molecule is CC(c1ccc[nH]1)N1CCC(CN)CC1. The second-order valence-electron chi connectivity index (χ2n) is 4.52. The van der Waals surface area contributed by atoms with Crippen LogP contribution in [-0.4, -0.2) is 29.5 Å². The molecule has 0 aliphatic carbocycles. The third-order valence-electron chi connectivity index (χ3n) is 3.60. The number of nitrogens with two attached hydrogens (primary N) is 1. The predicted octanol–water partition coefficient (Wildman–Crippen LogP) is 1.75. The molecule has 0 aromatic carbocycles. The van der Waals surface area contributed by atoms with E-state index in [1.807, 2.05) is 6.20 Å². The topological polar surface area (TPSA) is 45.0 Å². The van der Waals surface area contributed by atoms with Gasteiger partial charge >= 0.3 is 0 Å². The van der Waals surface area contributed by atoms with Crippen LogP contribution in [0.1, 0.15) is 31.5 Å². The van der Waals surface area contributed by atoms with E-state index in [1.54, 1.807) is 0 Å². The molecule has 15 heavy (non-hydrogen) atoms. The normalized spacial score (nSPS) is 21.7. The quantitative estimate of drug-likeness (QED) is 0.793. The summed E-state index contributed by atoms with van der Waals surface area (Å²) in [6.45, 7) is 5.49. The molecule has 1 aliphatic rings. The van der Waals surface area contributed by atoms with E-state index in [0.29, 0.717) is 6.04 Å². The number of nitrogens with one attached hydrogen (secondary N) is 1. The van der Waals surface area contributed by atoms with Gasteiger partial charge in [0.15, 0.2) is 0 Å². The van der Waals surface area contributed by atoms with Crippen LogP contribution in [0.25, 0.3) is 0 Å². The molecule has 0 spiro atoms. The summed E-state index contributed by atoms with van der Waals surface area (Å²) < 4.78 is 0. The van der Waals surface area contributed by atoms with Gasteiger partial charge in [0.05, 0.1) is 0 Å². The third kappa shape index (κ3) is 2.41. The minimum Gasteiger partial charge on any atom is -0.364 e. The van der Waals surface area contributed by atoms with Crippen molar-refractivity contribution in [2.75, 3.05) is 19.6 Å². The highest BCUT2D eigenvalue weighted by Gasteiger charge is 2.22. The maximum Gasteiger partial charge on any atom is 0.0470 e. The lowest BCUT2D eigenvalue weighted by Crippen LogP contribution is -2.37. The van der Waals surface area contributed by atoms with Gasteiger partial charge in [0.1, 0.15) is 0 Å². The van der Waals surface area contributed by atoms with Gasteiger partial charge in [-0.1, -0.05) is 0 Å². The first-order chi connectivity index (χ1) is 7.31. The summed E-state index contributed by atoms with van der Waals surface area (Å²) in [4.78, 5) is 5.83. The van der Waals surface area contributed by atoms with Crippen molar-refractivity contribution in [3.05, 3.63) is 24.0 Å². The summed E-state index contributed by atoms with van der Waals surface area (Å²) in [5.41, 5.74) is 7.02. The Bertz CT molecular complexity index is 273. The summed E-state index contributed by atoms with van der Waals surface area (Å²) in [5, 5.41) is 0. The maximum atomic E-state index is 5.69. The largest absolute Gasteiger partial charge is 0.364 e. The average Bonchev–Trinajstić information content (AvgIpc) is 2.82. The number of rotatable bonds is 3. The van der Waals surface area contributed by atoms with Crippen molar-refractivity contribution < 1.29 is 0 Å². The van der Waals surface area contributed by atoms with Gasteiger partial charge in [0.25, 0.3) is 0 Å². The van der Waals surface area contributed by atoms with Gasteiger partial charge in [-0.05, 0) is 57.5 Å². The van der Waals surface area contributed by atoms with Crippen molar-refractivity contribution in [3.63, 3.8) is 0 Å². The lowest BCUT2D eigenvalue weighted by Gasteiger charge is -2.35. The molecule has 3 heteroatoms. The third-order valence-corrected chi connectivity index (χ3v) is 3.60. The minimum absolute atomic E-state index is 0.513. The molecular formula is C12H21N3. The van der Waals surface area contributed by atoms with Crippen LogP contribution in [-0.2, 0) is 0 Å².